The Morgan fingerprint density at radius 1 is 1.35 bits per heavy atom. The number of primary amides is 1. The number of ether oxygens (including phenoxy) is 2. The molecule has 0 aliphatic heterocycles. The van der Waals surface area contributed by atoms with Crippen LogP contribution in [0, 0.1) is 0 Å². The van der Waals surface area contributed by atoms with Gasteiger partial charge in [-0.25, -0.2) is 9.59 Å². The Hall–Kier alpha value is -2.28. The molecule has 1 aromatic carbocycles. The lowest BCUT2D eigenvalue weighted by Gasteiger charge is -2.13. The summed E-state index contributed by atoms with van der Waals surface area (Å²) in [7, 11) is 1.38. The van der Waals surface area contributed by atoms with Gasteiger partial charge >= 0.3 is 12.0 Å². The fourth-order valence-corrected chi connectivity index (χ4v) is 1.51. The van der Waals surface area contributed by atoms with Crippen molar-refractivity contribution in [1.82, 2.24) is 5.32 Å². The molecule has 8 heteroatoms. The van der Waals surface area contributed by atoms with Crippen molar-refractivity contribution in [2.24, 2.45) is 5.73 Å². The van der Waals surface area contributed by atoms with E-state index in [1.807, 2.05) is 0 Å². The van der Waals surface area contributed by atoms with Crippen LogP contribution in [0.4, 0.5) is 4.79 Å². The van der Waals surface area contributed by atoms with Crippen LogP contribution in [0.5, 0.6) is 5.75 Å². The molecule has 0 saturated carbocycles. The van der Waals surface area contributed by atoms with Crippen LogP contribution in [0.2, 0.25) is 5.02 Å². The number of halogens is 1. The highest BCUT2D eigenvalue weighted by Gasteiger charge is 2.22. The van der Waals surface area contributed by atoms with E-state index in [9.17, 15) is 14.4 Å². The first-order chi connectivity index (χ1) is 9.35. The van der Waals surface area contributed by atoms with Crippen LogP contribution < -0.4 is 15.8 Å². The number of imide groups is 1. The second-order valence-corrected chi connectivity index (χ2v) is 4.18. The van der Waals surface area contributed by atoms with Gasteiger partial charge in [-0.3, -0.25) is 10.1 Å². The molecule has 1 aromatic rings. The molecule has 1 atom stereocenters. The second kappa shape index (κ2) is 6.76. The third kappa shape index (κ3) is 4.13. The quantitative estimate of drug-likeness (QED) is 0.809. The lowest BCUT2D eigenvalue weighted by atomic mass is 10.2. The number of hydrogen-bond acceptors (Lipinski definition) is 5. The molecule has 0 aromatic heterocycles. The highest BCUT2D eigenvalue weighted by molar-refractivity contribution is 6.31. The molecular formula is C12H13ClN2O5. The summed E-state index contributed by atoms with van der Waals surface area (Å²) in [6.45, 7) is 1.30. The summed E-state index contributed by atoms with van der Waals surface area (Å²) in [6, 6.07) is 3.35. The van der Waals surface area contributed by atoms with Crippen molar-refractivity contribution in [3.8, 4) is 5.75 Å². The van der Waals surface area contributed by atoms with Gasteiger partial charge < -0.3 is 15.2 Å². The summed E-state index contributed by atoms with van der Waals surface area (Å²) in [4.78, 5) is 33.8. The second-order valence-electron chi connectivity index (χ2n) is 3.75. The Bertz CT molecular complexity index is 547. The van der Waals surface area contributed by atoms with Crippen molar-refractivity contribution < 1.29 is 23.9 Å². The molecule has 7 nitrogen and oxygen atoms in total. The maximum Gasteiger partial charge on any atom is 0.342 e. The van der Waals surface area contributed by atoms with E-state index in [1.54, 1.807) is 11.4 Å². The maximum atomic E-state index is 11.9. The minimum atomic E-state index is -1.20. The van der Waals surface area contributed by atoms with E-state index in [-0.39, 0.29) is 11.3 Å². The lowest BCUT2D eigenvalue weighted by molar-refractivity contribution is -0.127. The normalized spacial score (nSPS) is 11.3. The van der Waals surface area contributed by atoms with E-state index in [2.05, 4.69) is 0 Å². The molecule has 0 aliphatic rings. The third-order valence-corrected chi connectivity index (χ3v) is 2.52. The average molecular weight is 301 g/mol. The Morgan fingerprint density at radius 2 is 2.00 bits per heavy atom. The van der Waals surface area contributed by atoms with Crippen LogP contribution in [0.15, 0.2) is 18.2 Å². The number of carbonyl (C=O) groups excluding carboxylic acids is 3. The largest absolute Gasteiger partial charge is 0.496 e. The summed E-state index contributed by atoms with van der Waals surface area (Å²) in [6.07, 6.45) is -1.20. The van der Waals surface area contributed by atoms with Crippen LogP contribution >= 0.6 is 11.6 Å². The Morgan fingerprint density at radius 3 is 2.55 bits per heavy atom. The smallest absolute Gasteiger partial charge is 0.342 e. The molecule has 0 heterocycles. The number of carbonyl (C=O) groups is 3. The van der Waals surface area contributed by atoms with Gasteiger partial charge in [0.05, 0.1) is 7.11 Å². The summed E-state index contributed by atoms with van der Waals surface area (Å²) in [5.74, 6) is -1.38. The topological polar surface area (TPSA) is 108 Å². The zero-order chi connectivity index (χ0) is 15.3. The van der Waals surface area contributed by atoms with Crippen molar-refractivity contribution in [3.63, 3.8) is 0 Å². The van der Waals surface area contributed by atoms with Gasteiger partial charge in [0.1, 0.15) is 11.3 Å². The van der Waals surface area contributed by atoms with Gasteiger partial charge in [0, 0.05) is 5.02 Å². The van der Waals surface area contributed by atoms with E-state index in [0.717, 1.165) is 0 Å². The number of hydrogen-bond donors (Lipinski definition) is 2. The molecule has 0 fully saturated rings. The molecular weight excluding hydrogens is 288 g/mol. The van der Waals surface area contributed by atoms with Crippen molar-refractivity contribution in [1.29, 1.82) is 0 Å². The molecule has 108 valence electrons. The molecule has 3 N–H and O–H groups in total. The minimum Gasteiger partial charge on any atom is -0.496 e. The lowest BCUT2D eigenvalue weighted by Crippen LogP contribution is -2.42. The summed E-state index contributed by atoms with van der Waals surface area (Å²) >= 11 is 5.78. The van der Waals surface area contributed by atoms with Crippen LogP contribution in [-0.4, -0.2) is 31.1 Å². The number of benzene rings is 1. The van der Waals surface area contributed by atoms with Crippen molar-refractivity contribution >= 4 is 29.5 Å². The molecule has 0 aliphatic carbocycles. The number of esters is 1. The molecule has 0 saturated heterocycles. The zero-order valence-corrected chi connectivity index (χ0v) is 11.6. The van der Waals surface area contributed by atoms with Gasteiger partial charge in [-0.15, -0.1) is 0 Å². The van der Waals surface area contributed by atoms with Gasteiger partial charge in [-0.1, -0.05) is 11.6 Å². The standard InChI is InChI=1S/C12H13ClN2O5/c1-6(10(16)15-12(14)18)20-11(17)8-5-7(13)3-4-9(8)19-2/h3-6H,1-2H3,(H3,14,15,16,18)/t6-/m1/s1. The molecule has 0 radical (unpaired) electrons. The summed E-state index contributed by atoms with van der Waals surface area (Å²) in [5.41, 5.74) is 4.86. The van der Waals surface area contributed by atoms with E-state index < -0.39 is 24.0 Å². The fraction of sp³-hybridized carbons (Fsp3) is 0.250. The monoisotopic (exact) mass is 300 g/mol. The molecule has 20 heavy (non-hydrogen) atoms. The molecule has 1 rings (SSSR count). The maximum absolute atomic E-state index is 11.9. The average Bonchev–Trinajstić information content (AvgIpc) is 2.37. The van der Waals surface area contributed by atoms with E-state index in [4.69, 9.17) is 26.8 Å². The molecule has 0 bridgehead atoms. The third-order valence-electron chi connectivity index (χ3n) is 2.28. The predicted molar refractivity (Wildman–Crippen MR) is 70.6 cm³/mol. The van der Waals surface area contributed by atoms with Gasteiger partial charge in [-0.05, 0) is 25.1 Å². The van der Waals surface area contributed by atoms with E-state index in [1.165, 1.54) is 26.2 Å². The Labute approximate surface area is 120 Å². The van der Waals surface area contributed by atoms with Gasteiger partial charge in [-0.2, -0.15) is 0 Å². The van der Waals surface area contributed by atoms with Crippen LogP contribution in [0.1, 0.15) is 17.3 Å². The molecule has 0 unspecified atom stereocenters. The van der Waals surface area contributed by atoms with Gasteiger partial charge in [0.2, 0.25) is 0 Å². The van der Waals surface area contributed by atoms with Gasteiger partial charge in [0.25, 0.3) is 5.91 Å². The first-order valence-electron chi connectivity index (χ1n) is 5.50. The zero-order valence-electron chi connectivity index (χ0n) is 10.8. The molecule has 3 amide bonds. The fourth-order valence-electron chi connectivity index (χ4n) is 1.34. The predicted octanol–water partition coefficient (Wildman–Crippen LogP) is 1.09. The van der Waals surface area contributed by atoms with Crippen molar-refractivity contribution in [3.05, 3.63) is 28.8 Å². The van der Waals surface area contributed by atoms with Gasteiger partial charge in [0.15, 0.2) is 6.10 Å². The van der Waals surface area contributed by atoms with Crippen LogP contribution in [-0.2, 0) is 9.53 Å². The number of urea groups is 1. The number of methoxy groups -OCH3 is 1. The molecule has 0 spiro atoms. The number of nitrogens with one attached hydrogen (secondary N) is 1. The highest BCUT2D eigenvalue weighted by Crippen LogP contribution is 2.23. The van der Waals surface area contributed by atoms with E-state index >= 15 is 0 Å². The highest BCUT2D eigenvalue weighted by atomic mass is 35.5. The first kappa shape index (κ1) is 15.8. The number of rotatable bonds is 4. The Kier molecular flexibility index (Phi) is 5.33. The van der Waals surface area contributed by atoms with Crippen molar-refractivity contribution in [2.45, 2.75) is 13.0 Å². The SMILES string of the molecule is COc1ccc(Cl)cc1C(=O)O[C@H](C)C(=O)NC(N)=O. The van der Waals surface area contributed by atoms with E-state index in [0.29, 0.717) is 5.02 Å². The minimum absolute atomic E-state index is 0.0683. The number of amides is 3. The number of nitrogens with two attached hydrogens (primary N) is 1. The first-order valence-corrected chi connectivity index (χ1v) is 5.87. The van der Waals surface area contributed by atoms with Crippen molar-refractivity contribution in [2.75, 3.05) is 7.11 Å². The summed E-state index contributed by atoms with van der Waals surface area (Å²) < 4.78 is 9.89. The Balaban J connectivity index is 2.83. The van der Waals surface area contributed by atoms with Crippen LogP contribution in [0.25, 0.3) is 0 Å². The van der Waals surface area contributed by atoms with Crippen LogP contribution in [0.3, 0.4) is 0 Å². The summed E-state index contributed by atoms with van der Waals surface area (Å²) in [5, 5.41) is 2.12.